The molecule has 0 bridgehead atoms. The summed E-state index contributed by atoms with van der Waals surface area (Å²) in [7, 11) is 0. The molecule has 0 saturated carbocycles. The predicted molar refractivity (Wildman–Crippen MR) is 172 cm³/mol. The minimum Gasteiger partial charge on any atom is -0.330 e. The van der Waals surface area contributed by atoms with E-state index in [1.165, 1.54) is 28.9 Å². The van der Waals surface area contributed by atoms with Crippen molar-refractivity contribution in [3.8, 4) is 0 Å². The molecule has 2 atom stereocenters. The lowest BCUT2D eigenvalue weighted by atomic mass is 10.1. The number of hydrazine groups is 1. The van der Waals surface area contributed by atoms with E-state index < -0.39 is 40.7 Å². The number of hydrogen-bond acceptors (Lipinski definition) is 9. The molecule has 13 heteroatoms. The molecule has 0 spiro atoms. The summed E-state index contributed by atoms with van der Waals surface area (Å²) in [5.41, 5.74) is 5.47. The Morgan fingerprint density at radius 2 is 1.35 bits per heavy atom. The molecule has 3 heterocycles. The number of halogens is 1. The van der Waals surface area contributed by atoms with Crippen molar-refractivity contribution in [3.05, 3.63) is 119 Å². The van der Waals surface area contributed by atoms with Gasteiger partial charge in [0.15, 0.2) is 0 Å². The molecule has 0 aromatic heterocycles. The molecule has 2 unspecified atom stereocenters. The lowest BCUT2D eigenvalue weighted by Gasteiger charge is -2.32. The zero-order valence-corrected chi connectivity index (χ0v) is 26.2. The van der Waals surface area contributed by atoms with Gasteiger partial charge in [0.25, 0.3) is 17.7 Å². The topological polar surface area (TPSA) is 116 Å². The lowest BCUT2D eigenvalue weighted by molar-refractivity contribution is -0.169. The van der Waals surface area contributed by atoms with Crippen LogP contribution in [0.3, 0.4) is 0 Å². The number of carbonyl (C=O) groups excluding carboxylic acids is 5. The maximum absolute atomic E-state index is 13.8. The van der Waals surface area contributed by atoms with Crippen LogP contribution in [0.1, 0.15) is 38.1 Å². The van der Waals surface area contributed by atoms with E-state index in [0.29, 0.717) is 15.6 Å². The third-order valence-corrected chi connectivity index (χ3v) is 10.4. The van der Waals surface area contributed by atoms with Gasteiger partial charge >= 0.3 is 5.97 Å². The monoisotopic (exact) mass is 670 g/mol. The van der Waals surface area contributed by atoms with Gasteiger partial charge in [0.2, 0.25) is 5.91 Å². The number of benzene rings is 4. The molecule has 1 saturated heterocycles. The number of fused-ring (bicyclic) bond motifs is 3. The van der Waals surface area contributed by atoms with Crippen molar-refractivity contribution < 1.29 is 28.8 Å². The van der Waals surface area contributed by atoms with Crippen molar-refractivity contribution in [1.29, 1.82) is 0 Å². The minimum atomic E-state index is -0.932. The van der Waals surface area contributed by atoms with Crippen LogP contribution in [0.2, 0.25) is 5.02 Å². The highest BCUT2D eigenvalue weighted by atomic mass is 35.5. The van der Waals surface area contributed by atoms with Crippen molar-refractivity contribution >= 4 is 76.1 Å². The van der Waals surface area contributed by atoms with E-state index in [1.807, 2.05) is 48.5 Å². The maximum atomic E-state index is 13.8. The van der Waals surface area contributed by atoms with E-state index in [2.05, 4.69) is 5.43 Å². The van der Waals surface area contributed by atoms with E-state index in [-0.39, 0.29) is 23.6 Å². The summed E-state index contributed by atoms with van der Waals surface area (Å²) in [5.74, 6) is -3.18. The first-order valence-electron chi connectivity index (χ1n) is 14.1. The van der Waals surface area contributed by atoms with Crippen LogP contribution in [0.15, 0.2) is 107 Å². The van der Waals surface area contributed by atoms with E-state index in [0.717, 1.165) is 21.2 Å². The van der Waals surface area contributed by atoms with Crippen LogP contribution in [0.4, 0.5) is 11.4 Å². The van der Waals surface area contributed by atoms with Crippen LogP contribution in [0, 0.1) is 0 Å². The third kappa shape index (κ3) is 5.43. The van der Waals surface area contributed by atoms with Gasteiger partial charge in [-0.1, -0.05) is 77.0 Å². The normalized spacial score (nSPS) is 18.4. The fraction of sp³-hybridized carbons (Fsp3) is 0.121. The zero-order valence-electron chi connectivity index (χ0n) is 23.8. The molecule has 7 rings (SSSR count). The number of hydroxylamine groups is 2. The van der Waals surface area contributed by atoms with E-state index in [9.17, 15) is 24.0 Å². The highest BCUT2D eigenvalue weighted by Crippen LogP contribution is 2.48. The average molecular weight is 671 g/mol. The second-order valence-corrected chi connectivity index (χ2v) is 13.3. The van der Waals surface area contributed by atoms with Crippen LogP contribution < -0.4 is 10.3 Å². The highest BCUT2D eigenvalue weighted by Gasteiger charge is 2.45. The SMILES string of the molecule is O=C(CC1SC(c2ccc(Cl)cc2)N(NCC(=O)N2c3ccccc3Sc3ccccc32)C1=O)ON1C(=O)c2ccccc2C1=O. The maximum Gasteiger partial charge on any atom is 0.334 e. The highest BCUT2D eigenvalue weighted by molar-refractivity contribution is 8.01. The number of nitrogens with zero attached hydrogens (tertiary/aromatic N) is 3. The molecule has 4 aromatic carbocycles. The number of thioether (sulfide) groups is 1. The standard InChI is InChI=1S/C33H23ClN4O6S2/c34-20-15-13-19(14-16-20)33-37(35-18-28(39)36-23-9-3-5-11-25(23)45-26-12-6-4-10-24(26)36)32(43)27(46-33)17-29(40)44-38-30(41)21-7-1-2-8-22(21)31(38)42/h1-16,27,33,35H,17-18H2. The summed E-state index contributed by atoms with van der Waals surface area (Å²) in [5, 5.41) is 0.719. The number of rotatable bonds is 7. The van der Waals surface area contributed by atoms with Crippen molar-refractivity contribution in [3.63, 3.8) is 0 Å². The molecule has 4 aromatic rings. The second kappa shape index (κ2) is 12.3. The molecule has 3 aliphatic rings. The summed E-state index contributed by atoms with van der Waals surface area (Å²) < 4.78 is 0. The molecular formula is C33H23ClN4O6S2. The molecule has 0 aliphatic carbocycles. The number of nitrogens with one attached hydrogen (secondary N) is 1. The molecule has 46 heavy (non-hydrogen) atoms. The van der Waals surface area contributed by atoms with Gasteiger partial charge < -0.3 is 4.84 Å². The molecule has 230 valence electrons. The van der Waals surface area contributed by atoms with Crippen LogP contribution >= 0.6 is 35.1 Å². The van der Waals surface area contributed by atoms with Gasteiger partial charge in [0.05, 0.1) is 40.7 Å². The lowest BCUT2D eigenvalue weighted by Crippen LogP contribution is -2.47. The first-order chi connectivity index (χ1) is 22.3. The van der Waals surface area contributed by atoms with Crippen LogP contribution in [-0.4, -0.2) is 51.5 Å². The first kappa shape index (κ1) is 30.1. The van der Waals surface area contributed by atoms with Gasteiger partial charge in [-0.25, -0.2) is 10.2 Å². The van der Waals surface area contributed by atoms with Gasteiger partial charge in [0, 0.05) is 14.8 Å². The van der Waals surface area contributed by atoms with Crippen molar-refractivity contribution in [2.24, 2.45) is 0 Å². The minimum absolute atomic E-state index is 0.131. The summed E-state index contributed by atoms with van der Waals surface area (Å²) in [4.78, 5) is 74.6. The Labute approximate surface area is 276 Å². The van der Waals surface area contributed by atoms with Gasteiger partial charge in [-0.15, -0.1) is 11.8 Å². The smallest absolute Gasteiger partial charge is 0.330 e. The number of hydrogen-bond donors (Lipinski definition) is 1. The summed E-state index contributed by atoms with van der Waals surface area (Å²) in [6.45, 7) is -0.226. The molecule has 0 radical (unpaired) electrons. The van der Waals surface area contributed by atoms with Gasteiger partial charge in [0.1, 0.15) is 5.37 Å². The molecule has 1 fully saturated rings. The molecule has 4 amide bonds. The quantitative estimate of drug-likeness (QED) is 0.245. The Balaban J connectivity index is 1.09. The molecule has 3 aliphatic heterocycles. The average Bonchev–Trinajstić information content (AvgIpc) is 3.50. The van der Waals surface area contributed by atoms with Gasteiger partial charge in [-0.2, -0.15) is 0 Å². The Morgan fingerprint density at radius 3 is 1.96 bits per heavy atom. The fourth-order valence-electron chi connectivity index (χ4n) is 5.44. The fourth-order valence-corrected chi connectivity index (χ4v) is 8.01. The molecular weight excluding hydrogens is 648 g/mol. The molecule has 1 N–H and O–H groups in total. The number of imide groups is 1. The largest absolute Gasteiger partial charge is 0.334 e. The Hall–Kier alpha value is -4.62. The molecule has 10 nitrogen and oxygen atoms in total. The Kier molecular flexibility index (Phi) is 8.03. The van der Waals surface area contributed by atoms with E-state index >= 15 is 0 Å². The zero-order chi connectivity index (χ0) is 31.9. The summed E-state index contributed by atoms with van der Waals surface area (Å²) in [6.07, 6.45) is -0.419. The second-order valence-electron chi connectivity index (χ2n) is 10.5. The third-order valence-electron chi connectivity index (χ3n) is 7.58. The van der Waals surface area contributed by atoms with Crippen molar-refractivity contribution in [2.75, 3.05) is 11.4 Å². The number of para-hydroxylation sites is 2. The van der Waals surface area contributed by atoms with Gasteiger partial charge in [-0.05, 0) is 54.1 Å². The summed E-state index contributed by atoms with van der Waals surface area (Å²) >= 11 is 8.87. The predicted octanol–water partition coefficient (Wildman–Crippen LogP) is 5.76. The number of anilines is 2. The van der Waals surface area contributed by atoms with Crippen LogP contribution in [-0.2, 0) is 19.2 Å². The van der Waals surface area contributed by atoms with Crippen LogP contribution in [0.25, 0.3) is 0 Å². The van der Waals surface area contributed by atoms with Crippen molar-refractivity contribution in [2.45, 2.75) is 26.8 Å². The van der Waals surface area contributed by atoms with E-state index in [1.54, 1.807) is 53.1 Å². The van der Waals surface area contributed by atoms with Crippen molar-refractivity contribution in [1.82, 2.24) is 15.5 Å². The summed E-state index contributed by atoms with van der Waals surface area (Å²) in [6, 6.07) is 28.3. The van der Waals surface area contributed by atoms with Gasteiger partial charge in [-0.3, -0.25) is 29.1 Å². The van der Waals surface area contributed by atoms with Crippen LogP contribution in [0.5, 0.6) is 0 Å². The Bertz CT molecular complexity index is 1840. The Morgan fingerprint density at radius 1 is 0.783 bits per heavy atom. The number of carbonyl (C=O) groups is 5. The number of amides is 4. The van der Waals surface area contributed by atoms with E-state index in [4.69, 9.17) is 16.4 Å². The first-order valence-corrected chi connectivity index (χ1v) is 16.3.